The summed E-state index contributed by atoms with van der Waals surface area (Å²) in [5, 5.41) is 10.1. The first kappa shape index (κ1) is 23.9. The molecule has 2 N–H and O–H groups in total. The van der Waals surface area contributed by atoms with Crippen molar-refractivity contribution in [3.63, 3.8) is 0 Å². The van der Waals surface area contributed by atoms with E-state index in [0.29, 0.717) is 23.3 Å². The molecular weight excluding hydrogens is 433 g/mol. The second-order valence-electron chi connectivity index (χ2n) is 7.82. The minimum absolute atomic E-state index is 0.0570. The van der Waals surface area contributed by atoms with Crippen LogP contribution in [0.2, 0.25) is 0 Å². The van der Waals surface area contributed by atoms with Crippen LogP contribution in [0.5, 0.6) is 0 Å². The Morgan fingerprint density at radius 3 is 2.55 bits per heavy atom. The van der Waals surface area contributed by atoms with Gasteiger partial charge in [-0.3, -0.25) is 9.78 Å². The SMILES string of the molecule is CCC(C(C)C#N)N(Cc1ccc(C(F)(F)F)cn1)C(=O)c1cnc2nc(N)c(C)cc2c1. The van der Waals surface area contributed by atoms with E-state index in [1.807, 2.05) is 6.92 Å². The first-order chi connectivity index (χ1) is 15.5. The average Bonchev–Trinajstić information content (AvgIpc) is 2.78. The van der Waals surface area contributed by atoms with Crippen molar-refractivity contribution in [3.8, 4) is 6.07 Å². The molecule has 2 atom stereocenters. The van der Waals surface area contributed by atoms with Gasteiger partial charge in [0.25, 0.3) is 5.91 Å². The van der Waals surface area contributed by atoms with Gasteiger partial charge < -0.3 is 10.6 Å². The molecule has 3 aromatic rings. The number of alkyl halides is 3. The van der Waals surface area contributed by atoms with E-state index < -0.39 is 29.6 Å². The molecule has 172 valence electrons. The molecule has 0 fully saturated rings. The fourth-order valence-corrected chi connectivity index (χ4v) is 3.60. The van der Waals surface area contributed by atoms with Crippen LogP contribution in [0.15, 0.2) is 36.7 Å². The number of nitriles is 1. The van der Waals surface area contributed by atoms with Gasteiger partial charge in [-0.2, -0.15) is 18.4 Å². The number of hydrogen-bond donors (Lipinski definition) is 1. The molecule has 0 saturated heterocycles. The number of carbonyl (C=O) groups excluding carboxylic acids is 1. The highest BCUT2D eigenvalue weighted by Crippen LogP contribution is 2.29. The highest BCUT2D eigenvalue weighted by Gasteiger charge is 2.32. The Morgan fingerprint density at radius 2 is 1.97 bits per heavy atom. The van der Waals surface area contributed by atoms with E-state index in [-0.39, 0.29) is 17.8 Å². The third kappa shape index (κ3) is 5.19. The maximum absolute atomic E-state index is 13.5. The fourth-order valence-electron chi connectivity index (χ4n) is 3.60. The van der Waals surface area contributed by atoms with Gasteiger partial charge in [-0.05, 0) is 50.1 Å². The summed E-state index contributed by atoms with van der Waals surface area (Å²) in [4.78, 5) is 27.3. The molecule has 10 heteroatoms. The normalized spacial score (nSPS) is 13.4. The third-order valence-electron chi connectivity index (χ3n) is 5.49. The van der Waals surface area contributed by atoms with Crippen LogP contribution >= 0.6 is 0 Å². The van der Waals surface area contributed by atoms with Gasteiger partial charge in [0.15, 0.2) is 5.65 Å². The first-order valence-corrected chi connectivity index (χ1v) is 10.3. The number of carbonyl (C=O) groups is 1. The molecule has 0 saturated carbocycles. The Kier molecular flexibility index (Phi) is 6.81. The van der Waals surface area contributed by atoms with Gasteiger partial charge in [0.2, 0.25) is 0 Å². The summed E-state index contributed by atoms with van der Waals surface area (Å²) in [6, 6.07) is 7.26. The molecule has 1 amide bonds. The van der Waals surface area contributed by atoms with Crippen LogP contribution < -0.4 is 5.73 Å². The van der Waals surface area contributed by atoms with Gasteiger partial charge in [0.1, 0.15) is 5.82 Å². The minimum atomic E-state index is -4.51. The summed E-state index contributed by atoms with van der Waals surface area (Å²) >= 11 is 0. The molecule has 0 radical (unpaired) electrons. The number of hydrogen-bond acceptors (Lipinski definition) is 6. The molecule has 0 aromatic carbocycles. The second-order valence-corrected chi connectivity index (χ2v) is 7.82. The van der Waals surface area contributed by atoms with Crippen LogP contribution in [0.1, 0.15) is 47.4 Å². The third-order valence-corrected chi connectivity index (χ3v) is 5.49. The summed E-state index contributed by atoms with van der Waals surface area (Å²) in [6.45, 7) is 5.27. The molecule has 0 aliphatic carbocycles. The number of nitrogen functional groups attached to an aromatic ring is 1. The van der Waals surface area contributed by atoms with Crippen molar-refractivity contribution in [2.75, 3.05) is 5.73 Å². The lowest BCUT2D eigenvalue weighted by atomic mass is 9.98. The van der Waals surface area contributed by atoms with Crippen molar-refractivity contribution < 1.29 is 18.0 Å². The number of fused-ring (bicyclic) bond motifs is 1. The summed E-state index contributed by atoms with van der Waals surface area (Å²) in [5.74, 6) is -0.571. The number of aromatic nitrogens is 3. The summed E-state index contributed by atoms with van der Waals surface area (Å²) in [7, 11) is 0. The Hall–Kier alpha value is -3.74. The lowest BCUT2D eigenvalue weighted by Crippen LogP contribution is -2.43. The van der Waals surface area contributed by atoms with Gasteiger partial charge in [-0.1, -0.05) is 6.92 Å². The Labute approximate surface area is 189 Å². The van der Waals surface area contributed by atoms with Crippen molar-refractivity contribution in [2.45, 2.75) is 46.0 Å². The average molecular weight is 456 g/mol. The summed E-state index contributed by atoms with van der Waals surface area (Å²) < 4.78 is 38.7. The maximum Gasteiger partial charge on any atom is 0.417 e. The highest BCUT2D eigenvalue weighted by molar-refractivity contribution is 5.97. The minimum Gasteiger partial charge on any atom is -0.383 e. The number of halogens is 3. The largest absolute Gasteiger partial charge is 0.417 e. The zero-order valence-corrected chi connectivity index (χ0v) is 18.4. The topological polar surface area (TPSA) is 109 Å². The number of nitrogens with two attached hydrogens (primary N) is 1. The number of amides is 1. The van der Waals surface area contributed by atoms with E-state index >= 15 is 0 Å². The Bertz CT molecular complexity index is 1200. The highest BCUT2D eigenvalue weighted by atomic mass is 19.4. The number of nitrogens with zero attached hydrogens (tertiary/aromatic N) is 5. The smallest absolute Gasteiger partial charge is 0.383 e. The molecule has 7 nitrogen and oxygen atoms in total. The lowest BCUT2D eigenvalue weighted by molar-refractivity contribution is -0.137. The summed E-state index contributed by atoms with van der Waals surface area (Å²) in [6.07, 6.45) is -1.92. The quantitative estimate of drug-likeness (QED) is 0.584. The van der Waals surface area contributed by atoms with Crippen LogP contribution in [-0.2, 0) is 12.7 Å². The fraction of sp³-hybridized carbons (Fsp3) is 0.348. The molecule has 33 heavy (non-hydrogen) atoms. The van der Waals surface area contributed by atoms with Gasteiger partial charge in [-0.15, -0.1) is 0 Å². The van der Waals surface area contributed by atoms with E-state index in [2.05, 4.69) is 21.0 Å². The molecule has 0 aliphatic heterocycles. The molecule has 3 rings (SSSR count). The van der Waals surface area contributed by atoms with E-state index in [0.717, 1.165) is 17.8 Å². The van der Waals surface area contributed by atoms with E-state index in [4.69, 9.17) is 5.73 Å². The van der Waals surface area contributed by atoms with Crippen LogP contribution in [0.4, 0.5) is 19.0 Å². The maximum atomic E-state index is 13.5. The number of anilines is 1. The van der Waals surface area contributed by atoms with Gasteiger partial charge in [-0.25, -0.2) is 9.97 Å². The van der Waals surface area contributed by atoms with Gasteiger partial charge in [0, 0.05) is 23.8 Å². The molecule has 3 heterocycles. The second kappa shape index (κ2) is 9.40. The Balaban J connectivity index is 2.00. The number of aryl methyl sites for hydroxylation is 1. The van der Waals surface area contributed by atoms with Gasteiger partial charge in [0.05, 0.1) is 35.4 Å². The zero-order chi connectivity index (χ0) is 24.3. The molecule has 0 bridgehead atoms. The van der Waals surface area contributed by atoms with Crippen LogP contribution in [0.3, 0.4) is 0 Å². The number of pyridine rings is 3. The van der Waals surface area contributed by atoms with Crippen LogP contribution in [-0.4, -0.2) is 31.8 Å². The molecule has 2 unspecified atom stereocenters. The standard InChI is InChI=1S/C23H23F3N6O/c1-4-19(14(3)9-27)32(12-18-6-5-17(11-29-18)23(24,25)26)22(33)16-8-15-7-13(2)20(28)31-21(15)30-10-16/h5-8,10-11,14,19H,4,12H2,1-3H3,(H2,28,30,31). The van der Waals surface area contributed by atoms with E-state index in [9.17, 15) is 23.2 Å². The zero-order valence-electron chi connectivity index (χ0n) is 18.4. The molecule has 0 aliphatic rings. The predicted octanol–water partition coefficient (Wildman–Crippen LogP) is 4.51. The van der Waals surface area contributed by atoms with Crippen molar-refractivity contribution >= 4 is 22.8 Å². The van der Waals surface area contributed by atoms with Crippen LogP contribution in [0.25, 0.3) is 11.0 Å². The number of rotatable bonds is 6. The first-order valence-electron chi connectivity index (χ1n) is 10.3. The van der Waals surface area contributed by atoms with Crippen molar-refractivity contribution in [3.05, 3.63) is 59.0 Å². The molecule has 3 aromatic heterocycles. The molecular formula is C23H23F3N6O. The monoisotopic (exact) mass is 456 g/mol. The Morgan fingerprint density at radius 1 is 1.24 bits per heavy atom. The van der Waals surface area contributed by atoms with E-state index in [1.54, 1.807) is 26.0 Å². The molecule has 0 spiro atoms. The van der Waals surface area contributed by atoms with Crippen molar-refractivity contribution in [2.24, 2.45) is 5.92 Å². The lowest BCUT2D eigenvalue weighted by Gasteiger charge is -2.32. The van der Waals surface area contributed by atoms with Gasteiger partial charge >= 0.3 is 6.18 Å². The van der Waals surface area contributed by atoms with Crippen molar-refractivity contribution in [1.29, 1.82) is 5.26 Å². The van der Waals surface area contributed by atoms with Crippen molar-refractivity contribution in [1.82, 2.24) is 19.9 Å². The van der Waals surface area contributed by atoms with Crippen LogP contribution in [0, 0.1) is 24.2 Å². The summed E-state index contributed by atoms with van der Waals surface area (Å²) in [5.41, 5.74) is 6.63. The van der Waals surface area contributed by atoms with E-state index in [1.165, 1.54) is 17.2 Å². The predicted molar refractivity (Wildman–Crippen MR) is 117 cm³/mol.